The number of amides is 1. The molecule has 8 heteroatoms. The molecule has 0 aliphatic heterocycles. The predicted octanol–water partition coefficient (Wildman–Crippen LogP) is 4.92. The van der Waals surface area contributed by atoms with Crippen molar-refractivity contribution in [1.29, 1.82) is 0 Å². The Kier molecular flexibility index (Phi) is 4.99. The summed E-state index contributed by atoms with van der Waals surface area (Å²) in [6.07, 6.45) is -3.13. The minimum absolute atomic E-state index is 0.135. The molecule has 0 unspecified atom stereocenters. The summed E-state index contributed by atoms with van der Waals surface area (Å²) in [6, 6.07) is 11.2. The van der Waals surface area contributed by atoms with Gasteiger partial charge in [-0.25, -0.2) is 0 Å². The molecule has 0 radical (unpaired) electrons. The van der Waals surface area contributed by atoms with Crippen molar-refractivity contribution < 1.29 is 22.7 Å². The third-order valence-electron chi connectivity index (χ3n) is 3.53. The van der Waals surface area contributed by atoms with Crippen molar-refractivity contribution in [3.8, 4) is 5.75 Å². The zero-order valence-electron chi connectivity index (χ0n) is 13.2. The quantitative estimate of drug-likeness (QED) is 0.698. The molecule has 4 nitrogen and oxygen atoms in total. The summed E-state index contributed by atoms with van der Waals surface area (Å²) in [6.45, 7) is -0.258. The van der Waals surface area contributed by atoms with Crippen molar-refractivity contribution in [3.05, 3.63) is 65.3 Å². The van der Waals surface area contributed by atoms with Crippen molar-refractivity contribution in [2.45, 2.75) is 6.18 Å². The second kappa shape index (κ2) is 7.21. The second-order valence-corrected chi connectivity index (χ2v) is 5.82. The molecule has 0 saturated carbocycles. The molecule has 3 aromatic rings. The summed E-state index contributed by atoms with van der Waals surface area (Å²) in [5.41, 5.74) is -0.309. The smallest absolute Gasteiger partial charge is 0.416 e. The molecule has 0 aliphatic rings. The largest absolute Gasteiger partial charge is 0.484 e. The number of nitrogens with zero attached hydrogens (tertiary/aromatic N) is 1. The Morgan fingerprint density at radius 1 is 1.12 bits per heavy atom. The monoisotopic (exact) mass is 380 g/mol. The van der Waals surface area contributed by atoms with Gasteiger partial charge < -0.3 is 10.1 Å². The lowest BCUT2D eigenvalue weighted by Gasteiger charge is -2.11. The number of hydrogen-bond donors (Lipinski definition) is 1. The van der Waals surface area contributed by atoms with Crippen LogP contribution in [0.3, 0.4) is 0 Å². The standard InChI is InChI=1S/C18H12ClF3N2O2/c19-12-2-4-13(5-3-12)26-10-17(25)24-15-7-8-23-16-9-11(18(20,21)22)1-6-14(15)16/h1-9H,10H2,(H,23,24,25). The summed E-state index contributed by atoms with van der Waals surface area (Å²) in [5.74, 6) is 0.0197. The molecule has 1 N–H and O–H groups in total. The number of carbonyl (C=O) groups excluding carboxylic acids is 1. The fourth-order valence-corrected chi connectivity index (χ4v) is 2.43. The highest BCUT2D eigenvalue weighted by Crippen LogP contribution is 2.32. The molecule has 0 fully saturated rings. The fraction of sp³-hybridized carbons (Fsp3) is 0.111. The van der Waals surface area contributed by atoms with Gasteiger partial charge in [0, 0.05) is 16.6 Å². The van der Waals surface area contributed by atoms with Crippen LogP contribution in [0.1, 0.15) is 5.56 Å². The van der Waals surface area contributed by atoms with Crippen LogP contribution >= 0.6 is 11.6 Å². The van der Waals surface area contributed by atoms with Gasteiger partial charge in [-0.1, -0.05) is 17.7 Å². The summed E-state index contributed by atoms with van der Waals surface area (Å²) >= 11 is 5.77. The molecule has 0 atom stereocenters. The summed E-state index contributed by atoms with van der Waals surface area (Å²) in [5, 5.41) is 3.56. The Hall–Kier alpha value is -2.80. The van der Waals surface area contributed by atoms with E-state index in [9.17, 15) is 18.0 Å². The first kappa shape index (κ1) is 18.0. The van der Waals surface area contributed by atoms with Crippen LogP contribution < -0.4 is 10.1 Å². The number of rotatable bonds is 4. The number of pyridine rings is 1. The Labute approximate surface area is 151 Å². The van der Waals surface area contributed by atoms with Gasteiger partial charge >= 0.3 is 6.18 Å². The van der Waals surface area contributed by atoms with Crippen LogP contribution in [0.5, 0.6) is 5.75 Å². The number of anilines is 1. The van der Waals surface area contributed by atoms with Crippen LogP contribution in [0.15, 0.2) is 54.7 Å². The highest BCUT2D eigenvalue weighted by molar-refractivity contribution is 6.30. The number of hydrogen-bond acceptors (Lipinski definition) is 3. The number of aromatic nitrogens is 1. The maximum Gasteiger partial charge on any atom is 0.416 e. The molecule has 1 heterocycles. The predicted molar refractivity (Wildman–Crippen MR) is 92.3 cm³/mol. The third-order valence-corrected chi connectivity index (χ3v) is 3.78. The van der Waals surface area contributed by atoms with Crippen molar-refractivity contribution >= 4 is 34.1 Å². The first-order valence-electron chi connectivity index (χ1n) is 7.47. The number of alkyl halides is 3. The summed E-state index contributed by atoms with van der Waals surface area (Å²) in [7, 11) is 0. The molecule has 134 valence electrons. The average molecular weight is 381 g/mol. The maximum absolute atomic E-state index is 12.8. The van der Waals surface area contributed by atoms with E-state index >= 15 is 0 Å². The van der Waals surface area contributed by atoms with E-state index in [1.807, 2.05) is 0 Å². The molecule has 0 saturated heterocycles. The van der Waals surface area contributed by atoms with Crippen LogP contribution in [0.25, 0.3) is 10.9 Å². The molecule has 26 heavy (non-hydrogen) atoms. The van der Waals surface area contributed by atoms with Crippen molar-refractivity contribution in [3.63, 3.8) is 0 Å². The molecule has 1 aromatic heterocycles. The molecule has 0 bridgehead atoms. The fourth-order valence-electron chi connectivity index (χ4n) is 2.30. The molecular weight excluding hydrogens is 369 g/mol. The minimum atomic E-state index is -4.46. The van der Waals surface area contributed by atoms with E-state index in [1.54, 1.807) is 24.3 Å². The molecular formula is C18H12ClF3N2O2. The zero-order valence-corrected chi connectivity index (χ0v) is 13.9. The van der Waals surface area contributed by atoms with Crippen LogP contribution in [0.4, 0.5) is 18.9 Å². The SMILES string of the molecule is O=C(COc1ccc(Cl)cc1)Nc1ccnc2cc(C(F)(F)F)ccc12. The number of benzene rings is 2. The Morgan fingerprint density at radius 3 is 2.54 bits per heavy atom. The maximum atomic E-state index is 12.8. The number of halogens is 4. The first-order chi connectivity index (χ1) is 12.3. The lowest BCUT2D eigenvalue weighted by atomic mass is 10.1. The van der Waals surface area contributed by atoms with E-state index in [2.05, 4.69) is 10.3 Å². The number of ether oxygens (including phenoxy) is 1. The van der Waals surface area contributed by atoms with E-state index in [1.165, 1.54) is 18.3 Å². The molecule has 2 aromatic carbocycles. The van der Waals surface area contributed by atoms with Gasteiger partial charge in [0.2, 0.25) is 0 Å². The Bertz CT molecular complexity index is 943. The summed E-state index contributed by atoms with van der Waals surface area (Å²) < 4.78 is 43.7. The van der Waals surface area contributed by atoms with Crippen LogP contribution in [0, 0.1) is 0 Å². The molecule has 3 rings (SSSR count). The van der Waals surface area contributed by atoms with Crippen molar-refractivity contribution in [2.75, 3.05) is 11.9 Å². The van der Waals surface area contributed by atoms with Gasteiger partial charge in [0.25, 0.3) is 5.91 Å². The topological polar surface area (TPSA) is 51.2 Å². The number of fused-ring (bicyclic) bond motifs is 1. The van der Waals surface area contributed by atoms with Gasteiger partial charge in [-0.3, -0.25) is 9.78 Å². The Balaban J connectivity index is 1.73. The van der Waals surface area contributed by atoms with Crippen LogP contribution in [0.2, 0.25) is 5.02 Å². The minimum Gasteiger partial charge on any atom is -0.484 e. The van der Waals surface area contributed by atoms with Gasteiger partial charge in [-0.05, 0) is 42.5 Å². The average Bonchev–Trinajstić information content (AvgIpc) is 2.60. The molecule has 0 spiro atoms. The zero-order chi connectivity index (χ0) is 18.7. The van der Waals surface area contributed by atoms with E-state index in [4.69, 9.17) is 16.3 Å². The lowest BCUT2D eigenvalue weighted by molar-refractivity contribution is -0.137. The van der Waals surface area contributed by atoms with E-state index < -0.39 is 17.6 Å². The van der Waals surface area contributed by atoms with Gasteiger partial charge in [-0.15, -0.1) is 0 Å². The molecule has 0 aliphatic carbocycles. The van der Waals surface area contributed by atoms with Gasteiger partial charge in [0.15, 0.2) is 6.61 Å². The highest BCUT2D eigenvalue weighted by atomic mass is 35.5. The van der Waals surface area contributed by atoms with Crippen molar-refractivity contribution in [2.24, 2.45) is 0 Å². The third kappa shape index (κ3) is 4.23. The van der Waals surface area contributed by atoms with Gasteiger partial charge in [0.05, 0.1) is 16.8 Å². The van der Waals surface area contributed by atoms with Gasteiger partial charge in [0.1, 0.15) is 5.75 Å². The molecule has 1 amide bonds. The highest BCUT2D eigenvalue weighted by Gasteiger charge is 2.30. The second-order valence-electron chi connectivity index (χ2n) is 5.38. The lowest BCUT2D eigenvalue weighted by Crippen LogP contribution is -2.20. The van der Waals surface area contributed by atoms with Gasteiger partial charge in [-0.2, -0.15) is 13.2 Å². The Morgan fingerprint density at radius 2 is 1.85 bits per heavy atom. The number of carbonyl (C=O) groups is 1. The van der Waals surface area contributed by atoms with Crippen LogP contribution in [-0.4, -0.2) is 17.5 Å². The normalized spacial score (nSPS) is 11.4. The van der Waals surface area contributed by atoms with E-state index in [0.717, 1.165) is 12.1 Å². The summed E-state index contributed by atoms with van der Waals surface area (Å²) in [4.78, 5) is 16.0. The van der Waals surface area contributed by atoms with E-state index in [0.29, 0.717) is 21.8 Å². The number of nitrogens with one attached hydrogen (secondary N) is 1. The van der Waals surface area contributed by atoms with Crippen LogP contribution in [-0.2, 0) is 11.0 Å². The first-order valence-corrected chi connectivity index (χ1v) is 7.85. The van der Waals surface area contributed by atoms with E-state index in [-0.39, 0.29) is 12.1 Å². The van der Waals surface area contributed by atoms with Crippen molar-refractivity contribution in [1.82, 2.24) is 4.98 Å².